The molecule has 144 valence electrons. The minimum Gasteiger partial charge on any atom is -0.381 e. The van der Waals surface area contributed by atoms with Crippen molar-refractivity contribution in [2.75, 3.05) is 19.4 Å². The molecule has 1 atom stereocenters. The molecule has 3 N–H and O–H groups in total. The molecule has 0 aromatic heterocycles. The van der Waals surface area contributed by atoms with E-state index in [0.717, 1.165) is 24.0 Å². The normalized spacial score (nSPS) is 16.5. The molecule has 0 heterocycles. The number of rotatable bonds is 5. The largest absolute Gasteiger partial charge is 0.381 e. The summed E-state index contributed by atoms with van der Waals surface area (Å²) in [5.74, 6) is -0.604. The highest BCUT2D eigenvalue weighted by atomic mass is 32.2. The summed E-state index contributed by atoms with van der Waals surface area (Å²) in [4.78, 5) is 12.3. The Morgan fingerprint density at radius 1 is 1.11 bits per heavy atom. The highest BCUT2D eigenvalue weighted by molar-refractivity contribution is 7.89. The Morgan fingerprint density at radius 3 is 2.59 bits per heavy atom. The van der Waals surface area contributed by atoms with E-state index in [4.69, 9.17) is 0 Å². The summed E-state index contributed by atoms with van der Waals surface area (Å²) in [7, 11) is -0.830. The molecule has 6 nitrogen and oxygen atoms in total. The van der Waals surface area contributed by atoms with E-state index in [1.54, 1.807) is 18.2 Å². The van der Waals surface area contributed by atoms with Gasteiger partial charge in [-0.05, 0) is 67.8 Å². The number of nitrogens with one attached hydrogen (secondary N) is 3. The third-order valence-electron chi connectivity index (χ3n) is 4.80. The average molecular weight is 391 g/mol. The first kappa shape index (κ1) is 19.3. The van der Waals surface area contributed by atoms with E-state index >= 15 is 0 Å². The van der Waals surface area contributed by atoms with Crippen molar-refractivity contribution < 1.29 is 17.6 Å². The van der Waals surface area contributed by atoms with Crippen LogP contribution in [0.1, 0.15) is 27.9 Å². The third kappa shape index (κ3) is 4.12. The maximum absolute atomic E-state index is 13.4. The molecular weight excluding hydrogens is 369 g/mol. The third-order valence-corrected chi connectivity index (χ3v) is 6.21. The molecule has 0 saturated carbocycles. The van der Waals surface area contributed by atoms with Crippen molar-refractivity contribution in [2.45, 2.75) is 30.2 Å². The maximum atomic E-state index is 13.4. The molecule has 2 aromatic carbocycles. The predicted molar refractivity (Wildman–Crippen MR) is 102 cm³/mol. The SMILES string of the molecule is CNC(=O)c1cc(S(=O)(=O)NC)ccc1NC1CCc2cc(F)ccc2C1. The number of benzene rings is 2. The van der Waals surface area contributed by atoms with E-state index in [2.05, 4.69) is 15.4 Å². The van der Waals surface area contributed by atoms with E-state index < -0.39 is 10.0 Å². The zero-order chi connectivity index (χ0) is 19.6. The number of carbonyl (C=O) groups is 1. The minimum atomic E-state index is -3.65. The first-order valence-corrected chi connectivity index (χ1v) is 10.2. The Labute approximate surface area is 158 Å². The van der Waals surface area contributed by atoms with Gasteiger partial charge in [0.2, 0.25) is 10.0 Å². The fourth-order valence-electron chi connectivity index (χ4n) is 3.32. The molecule has 0 bridgehead atoms. The molecule has 0 fully saturated rings. The number of anilines is 1. The number of hydrogen-bond donors (Lipinski definition) is 3. The van der Waals surface area contributed by atoms with Gasteiger partial charge in [-0.3, -0.25) is 4.79 Å². The second-order valence-corrected chi connectivity index (χ2v) is 8.38. The van der Waals surface area contributed by atoms with Gasteiger partial charge in [0, 0.05) is 18.8 Å². The van der Waals surface area contributed by atoms with E-state index in [9.17, 15) is 17.6 Å². The quantitative estimate of drug-likeness (QED) is 0.728. The van der Waals surface area contributed by atoms with Crippen molar-refractivity contribution in [3.05, 3.63) is 58.9 Å². The highest BCUT2D eigenvalue weighted by Gasteiger charge is 2.22. The summed E-state index contributed by atoms with van der Waals surface area (Å²) in [6.07, 6.45) is 2.24. The molecule has 0 spiro atoms. The number of hydrogen-bond acceptors (Lipinski definition) is 4. The average Bonchev–Trinajstić information content (AvgIpc) is 2.67. The second kappa shape index (κ2) is 7.66. The molecule has 8 heteroatoms. The maximum Gasteiger partial charge on any atom is 0.253 e. The molecule has 2 aromatic rings. The number of fused-ring (bicyclic) bond motifs is 1. The molecule has 1 aliphatic rings. The van der Waals surface area contributed by atoms with Crippen LogP contribution in [0.25, 0.3) is 0 Å². The Balaban J connectivity index is 1.88. The first-order chi connectivity index (χ1) is 12.8. The van der Waals surface area contributed by atoms with Crippen LogP contribution in [-0.2, 0) is 22.9 Å². The molecule has 1 aliphatic carbocycles. The van der Waals surface area contributed by atoms with Crippen LogP contribution in [0.15, 0.2) is 41.3 Å². The van der Waals surface area contributed by atoms with E-state index in [1.807, 2.05) is 0 Å². The Morgan fingerprint density at radius 2 is 1.89 bits per heavy atom. The van der Waals surface area contributed by atoms with Gasteiger partial charge in [0.1, 0.15) is 5.82 Å². The van der Waals surface area contributed by atoms with Crippen molar-refractivity contribution in [3.8, 4) is 0 Å². The standard InChI is InChI=1S/C19H22FN3O3S/c1-21-19(24)17-11-16(27(25,26)22-2)7-8-18(17)23-15-6-4-12-9-14(20)5-3-13(12)10-15/h3,5,7-9,11,15,22-23H,4,6,10H2,1-2H3,(H,21,24). The lowest BCUT2D eigenvalue weighted by Gasteiger charge is -2.27. The van der Waals surface area contributed by atoms with Crippen LogP contribution in [-0.4, -0.2) is 34.5 Å². The fraction of sp³-hybridized carbons (Fsp3) is 0.316. The van der Waals surface area contributed by atoms with Crippen LogP contribution in [0.3, 0.4) is 0 Å². The van der Waals surface area contributed by atoms with Gasteiger partial charge >= 0.3 is 0 Å². The van der Waals surface area contributed by atoms with Crippen LogP contribution in [0, 0.1) is 5.82 Å². The van der Waals surface area contributed by atoms with E-state index in [0.29, 0.717) is 12.1 Å². The van der Waals surface area contributed by atoms with Gasteiger partial charge in [-0.15, -0.1) is 0 Å². The molecule has 1 unspecified atom stereocenters. The zero-order valence-corrected chi connectivity index (χ0v) is 16.0. The monoisotopic (exact) mass is 391 g/mol. The van der Waals surface area contributed by atoms with Gasteiger partial charge in [-0.25, -0.2) is 17.5 Å². The van der Waals surface area contributed by atoms with Gasteiger partial charge in [0.25, 0.3) is 5.91 Å². The molecule has 0 radical (unpaired) electrons. The van der Waals surface area contributed by atoms with Crippen molar-refractivity contribution in [2.24, 2.45) is 0 Å². The van der Waals surface area contributed by atoms with Crippen molar-refractivity contribution in [1.82, 2.24) is 10.0 Å². The summed E-state index contributed by atoms with van der Waals surface area (Å²) >= 11 is 0. The summed E-state index contributed by atoms with van der Waals surface area (Å²) in [6.45, 7) is 0. The van der Waals surface area contributed by atoms with Gasteiger partial charge in [0.15, 0.2) is 0 Å². The van der Waals surface area contributed by atoms with Crippen LogP contribution in [0.5, 0.6) is 0 Å². The summed E-state index contributed by atoms with van der Waals surface area (Å²) in [6, 6.07) is 9.31. The van der Waals surface area contributed by atoms with Crippen molar-refractivity contribution in [1.29, 1.82) is 0 Å². The van der Waals surface area contributed by atoms with Crippen LogP contribution in [0.2, 0.25) is 0 Å². The molecular formula is C19H22FN3O3S. The lowest BCUT2D eigenvalue weighted by Crippen LogP contribution is -2.29. The summed E-state index contributed by atoms with van der Waals surface area (Å²) < 4.78 is 39.7. The number of halogens is 1. The minimum absolute atomic E-state index is 0.0265. The van der Waals surface area contributed by atoms with E-state index in [1.165, 1.54) is 32.3 Å². The number of aryl methyl sites for hydroxylation is 1. The molecule has 0 saturated heterocycles. The lowest BCUT2D eigenvalue weighted by atomic mass is 9.88. The number of carbonyl (C=O) groups excluding carboxylic acids is 1. The van der Waals surface area contributed by atoms with Crippen LogP contribution >= 0.6 is 0 Å². The Kier molecular flexibility index (Phi) is 5.48. The highest BCUT2D eigenvalue weighted by Crippen LogP contribution is 2.27. The topological polar surface area (TPSA) is 87.3 Å². The van der Waals surface area contributed by atoms with Crippen LogP contribution in [0.4, 0.5) is 10.1 Å². The number of amides is 1. The lowest BCUT2D eigenvalue weighted by molar-refractivity contribution is 0.0963. The Bertz CT molecular complexity index is 976. The molecule has 0 aliphatic heterocycles. The molecule has 27 heavy (non-hydrogen) atoms. The Hall–Kier alpha value is -2.45. The second-order valence-electron chi connectivity index (χ2n) is 6.49. The van der Waals surface area contributed by atoms with Gasteiger partial charge in [-0.1, -0.05) is 6.07 Å². The van der Waals surface area contributed by atoms with Gasteiger partial charge in [-0.2, -0.15) is 0 Å². The first-order valence-electron chi connectivity index (χ1n) is 8.67. The smallest absolute Gasteiger partial charge is 0.253 e. The molecule has 3 rings (SSSR count). The summed E-state index contributed by atoms with van der Waals surface area (Å²) in [5, 5.41) is 5.89. The van der Waals surface area contributed by atoms with Crippen molar-refractivity contribution >= 4 is 21.6 Å². The number of sulfonamides is 1. The van der Waals surface area contributed by atoms with Crippen molar-refractivity contribution in [3.63, 3.8) is 0 Å². The summed E-state index contributed by atoms with van der Waals surface area (Å²) in [5.41, 5.74) is 2.92. The predicted octanol–water partition coefficient (Wildman–Crippen LogP) is 2.06. The van der Waals surface area contributed by atoms with Crippen LogP contribution < -0.4 is 15.4 Å². The fourth-order valence-corrected chi connectivity index (χ4v) is 4.08. The van der Waals surface area contributed by atoms with E-state index in [-0.39, 0.29) is 28.2 Å². The van der Waals surface area contributed by atoms with Gasteiger partial charge in [0.05, 0.1) is 10.5 Å². The zero-order valence-electron chi connectivity index (χ0n) is 15.2. The van der Waals surface area contributed by atoms with Gasteiger partial charge < -0.3 is 10.6 Å². The molecule has 1 amide bonds.